The van der Waals surface area contributed by atoms with E-state index in [-0.39, 0.29) is 24.2 Å². The molecular weight excluding hydrogens is 314 g/mol. The van der Waals surface area contributed by atoms with Gasteiger partial charge in [-0.1, -0.05) is 42.5 Å². The lowest BCUT2D eigenvalue weighted by Gasteiger charge is -2.19. The van der Waals surface area contributed by atoms with Crippen molar-refractivity contribution in [2.45, 2.75) is 25.4 Å². The van der Waals surface area contributed by atoms with Crippen molar-refractivity contribution in [3.8, 4) is 0 Å². The van der Waals surface area contributed by atoms with Crippen LogP contribution in [0.1, 0.15) is 24.4 Å². The van der Waals surface area contributed by atoms with Gasteiger partial charge in [0.2, 0.25) is 5.91 Å². The third-order valence-electron chi connectivity index (χ3n) is 4.92. The molecule has 1 amide bonds. The van der Waals surface area contributed by atoms with Crippen molar-refractivity contribution in [3.05, 3.63) is 70.6 Å². The van der Waals surface area contributed by atoms with Gasteiger partial charge in [0, 0.05) is 7.05 Å². The van der Waals surface area contributed by atoms with Crippen LogP contribution in [0.4, 0.5) is 0 Å². The molecule has 5 heteroatoms. The van der Waals surface area contributed by atoms with Crippen LogP contribution in [0.2, 0.25) is 0 Å². The summed E-state index contributed by atoms with van der Waals surface area (Å²) in [5.41, 5.74) is 2.58. The van der Waals surface area contributed by atoms with Gasteiger partial charge in [0.1, 0.15) is 6.54 Å². The molecule has 0 radical (unpaired) electrons. The maximum Gasteiger partial charge on any atom is 0.329 e. The second-order valence-electron chi connectivity index (χ2n) is 6.71. The molecule has 1 heterocycles. The van der Waals surface area contributed by atoms with E-state index >= 15 is 0 Å². The average molecular weight is 335 g/mol. The van der Waals surface area contributed by atoms with Crippen LogP contribution in [-0.2, 0) is 18.4 Å². The number of carbonyl (C=O) groups excluding carboxylic acids is 1. The summed E-state index contributed by atoms with van der Waals surface area (Å²) in [6.07, 6.45) is 2.27. The molecule has 5 nitrogen and oxygen atoms in total. The number of aromatic nitrogens is 2. The molecule has 0 bridgehead atoms. The number of rotatable bonds is 5. The number of carbonyl (C=O) groups is 1. The van der Waals surface area contributed by atoms with Gasteiger partial charge in [0.25, 0.3) is 0 Å². The maximum atomic E-state index is 12.7. The Balaban J connectivity index is 1.58. The predicted molar refractivity (Wildman–Crippen MR) is 97.2 cm³/mol. The molecule has 128 valence electrons. The SMILES string of the molecule is Cn1c(=O)n(CC(=O)N[C@@H](c2ccccc2)C2CC2)c2ccccc21. The number of amides is 1. The highest BCUT2D eigenvalue weighted by molar-refractivity contribution is 5.81. The summed E-state index contributed by atoms with van der Waals surface area (Å²) in [7, 11) is 1.73. The number of para-hydroxylation sites is 2. The van der Waals surface area contributed by atoms with Crippen LogP contribution in [0.25, 0.3) is 11.0 Å². The summed E-state index contributed by atoms with van der Waals surface area (Å²) in [6, 6.07) is 17.6. The zero-order valence-corrected chi connectivity index (χ0v) is 14.2. The van der Waals surface area contributed by atoms with Gasteiger partial charge in [-0.05, 0) is 36.5 Å². The van der Waals surface area contributed by atoms with Crippen LogP contribution < -0.4 is 11.0 Å². The van der Waals surface area contributed by atoms with E-state index in [1.807, 2.05) is 54.6 Å². The van der Waals surface area contributed by atoms with E-state index in [4.69, 9.17) is 0 Å². The molecule has 1 aliphatic carbocycles. The van der Waals surface area contributed by atoms with Crippen molar-refractivity contribution in [1.82, 2.24) is 14.5 Å². The molecule has 4 rings (SSSR count). The average Bonchev–Trinajstić information content (AvgIpc) is 3.45. The molecular formula is C20H21N3O2. The second kappa shape index (κ2) is 6.24. The van der Waals surface area contributed by atoms with E-state index in [1.165, 1.54) is 0 Å². The molecule has 2 aromatic carbocycles. The number of nitrogens with one attached hydrogen (secondary N) is 1. The van der Waals surface area contributed by atoms with E-state index in [0.717, 1.165) is 29.4 Å². The van der Waals surface area contributed by atoms with Crippen molar-refractivity contribution in [2.24, 2.45) is 13.0 Å². The highest BCUT2D eigenvalue weighted by Gasteiger charge is 2.33. The Morgan fingerprint density at radius 2 is 1.72 bits per heavy atom. The van der Waals surface area contributed by atoms with Gasteiger partial charge >= 0.3 is 5.69 Å². The molecule has 0 aliphatic heterocycles. The Morgan fingerprint density at radius 3 is 2.40 bits per heavy atom. The topological polar surface area (TPSA) is 56.0 Å². The summed E-state index contributed by atoms with van der Waals surface area (Å²) >= 11 is 0. The normalized spacial score (nSPS) is 15.2. The first-order valence-corrected chi connectivity index (χ1v) is 8.63. The van der Waals surface area contributed by atoms with E-state index in [2.05, 4.69) is 5.32 Å². The monoisotopic (exact) mass is 335 g/mol. The smallest absolute Gasteiger partial charge is 0.329 e. The first-order chi connectivity index (χ1) is 12.1. The summed E-state index contributed by atoms with van der Waals surface area (Å²) in [4.78, 5) is 25.1. The quantitative estimate of drug-likeness (QED) is 0.779. The minimum atomic E-state index is -0.168. The first-order valence-electron chi connectivity index (χ1n) is 8.63. The van der Waals surface area contributed by atoms with Crippen molar-refractivity contribution in [3.63, 3.8) is 0 Å². The Kier molecular flexibility index (Phi) is 3.92. The molecule has 1 fully saturated rings. The molecule has 0 unspecified atom stereocenters. The van der Waals surface area contributed by atoms with Gasteiger partial charge in [-0.25, -0.2) is 4.79 Å². The molecule has 1 aromatic heterocycles. The lowest BCUT2D eigenvalue weighted by molar-refractivity contribution is -0.122. The zero-order chi connectivity index (χ0) is 17.4. The van der Waals surface area contributed by atoms with E-state index in [1.54, 1.807) is 16.2 Å². The third-order valence-corrected chi connectivity index (χ3v) is 4.92. The number of fused-ring (bicyclic) bond motifs is 1. The van der Waals surface area contributed by atoms with Gasteiger partial charge in [0.15, 0.2) is 0 Å². The second-order valence-corrected chi connectivity index (χ2v) is 6.71. The maximum absolute atomic E-state index is 12.7. The highest BCUT2D eigenvalue weighted by atomic mass is 16.2. The number of hydrogen-bond acceptors (Lipinski definition) is 2. The lowest BCUT2D eigenvalue weighted by atomic mass is 10.0. The fraction of sp³-hybridized carbons (Fsp3) is 0.300. The van der Waals surface area contributed by atoms with Gasteiger partial charge in [-0.3, -0.25) is 13.9 Å². The van der Waals surface area contributed by atoms with E-state index < -0.39 is 0 Å². The van der Waals surface area contributed by atoms with Crippen LogP contribution in [-0.4, -0.2) is 15.0 Å². The number of benzene rings is 2. The minimum Gasteiger partial charge on any atom is -0.347 e. The Labute approximate surface area is 145 Å². The van der Waals surface area contributed by atoms with Crippen LogP contribution in [0.5, 0.6) is 0 Å². The fourth-order valence-corrected chi connectivity index (χ4v) is 3.44. The highest BCUT2D eigenvalue weighted by Crippen LogP contribution is 2.40. The molecule has 3 aromatic rings. The summed E-state index contributed by atoms with van der Waals surface area (Å²) < 4.78 is 3.12. The minimum absolute atomic E-state index is 0.0272. The van der Waals surface area contributed by atoms with Crippen LogP contribution in [0.15, 0.2) is 59.4 Å². The fourth-order valence-electron chi connectivity index (χ4n) is 3.44. The third kappa shape index (κ3) is 2.97. The zero-order valence-electron chi connectivity index (χ0n) is 14.2. The Morgan fingerprint density at radius 1 is 1.08 bits per heavy atom. The van der Waals surface area contributed by atoms with Gasteiger partial charge in [0.05, 0.1) is 17.1 Å². The standard InChI is InChI=1S/C20H21N3O2/c1-22-16-9-5-6-10-17(16)23(20(22)25)13-18(24)21-19(15-11-12-15)14-7-3-2-4-8-14/h2-10,15,19H,11-13H2,1H3,(H,21,24)/t19-/m0/s1. The van der Waals surface area contributed by atoms with Gasteiger partial charge in [-0.2, -0.15) is 0 Å². The summed E-state index contributed by atoms with van der Waals surface area (Å²) in [5.74, 6) is 0.370. The largest absolute Gasteiger partial charge is 0.347 e. The van der Waals surface area contributed by atoms with E-state index in [0.29, 0.717) is 5.92 Å². The molecule has 0 saturated heterocycles. The van der Waals surface area contributed by atoms with Crippen LogP contribution in [0.3, 0.4) is 0 Å². The Bertz CT molecular complexity index is 968. The van der Waals surface area contributed by atoms with Crippen molar-refractivity contribution in [2.75, 3.05) is 0 Å². The first kappa shape index (κ1) is 15.7. The number of hydrogen-bond donors (Lipinski definition) is 1. The van der Waals surface area contributed by atoms with Gasteiger partial charge in [-0.15, -0.1) is 0 Å². The van der Waals surface area contributed by atoms with Crippen LogP contribution in [0, 0.1) is 5.92 Å². The summed E-state index contributed by atoms with van der Waals surface area (Å²) in [5, 5.41) is 3.14. The molecule has 1 atom stereocenters. The number of aryl methyl sites for hydroxylation is 1. The van der Waals surface area contributed by atoms with Gasteiger partial charge < -0.3 is 5.32 Å². The van der Waals surface area contributed by atoms with E-state index in [9.17, 15) is 9.59 Å². The molecule has 25 heavy (non-hydrogen) atoms. The van der Waals surface area contributed by atoms with Crippen molar-refractivity contribution >= 4 is 16.9 Å². The number of imidazole rings is 1. The van der Waals surface area contributed by atoms with Crippen molar-refractivity contribution in [1.29, 1.82) is 0 Å². The lowest BCUT2D eigenvalue weighted by Crippen LogP contribution is -2.35. The summed E-state index contributed by atoms with van der Waals surface area (Å²) in [6.45, 7) is 0.0379. The Hall–Kier alpha value is -2.82. The molecule has 1 aliphatic rings. The molecule has 0 spiro atoms. The van der Waals surface area contributed by atoms with Crippen molar-refractivity contribution < 1.29 is 4.79 Å². The molecule has 1 N–H and O–H groups in total. The molecule has 1 saturated carbocycles. The predicted octanol–water partition coefficient (Wildman–Crippen LogP) is 2.61. The number of nitrogens with zero attached hydrogens (tertiary/aromatic N) is 2. The van der Waals surface area contributed by atoms with Crippen LogP contribution >= 0.6 is 0 Å².